The van der Waals surface area contributed by atoms with Gasteiger partial charge in [-0.2, -0.15) is 0 Å². The summed E-state index contributed by atoms with van der Waals surface area (Å²) in [4.78, 5) is 0. The summed E-state index contributed by atoms with van der Waals surface area (Å²) in [5.74, 6) is 0.811. The van der Waals surface area contributed by atoms with Crippen molar-refractivity contribution in [2.24, 2.45) is 5.92 Å². The molecular formula is C17H26ClNO. The van der Waals surface area contributed by atoms with Crippen LogP contribution in [0.2, 0.25) is 5.02 Å². The van der Waals surface area contributed by atoms with Crippen molar-refractivity contribution >= 4 is 11.6 Å². The lowest BCUT2D eigenvalue weighted by atomic mass is 9.78. The van der Waals surface area contributed by atoms with E-state index < -0.39 is 5.60 Å². The summed E-state index contributed by atoms with van der Waals surface area (Å²) in [6.45, 7) is 5.69. The average molecular weight is 296 g/mol. The molecule has 1 fully saturated rings. The zero-order valence-electron chi connectivity index (χ0n) is 12.6. The summed E-state index contributed by atoms with van der Waals surface area (Å²) in [5, 5.41) is 14.8. The van der Waals surface area contributed by atoms with Crippen LogP contribution in [-0.2, 0) is 6.54 Å². The minimum absolute atomic E-state index is 0.514. The maximum Gasteiger partial charge on any atom is 0.0771 e. The zero-order chi connectivity index (χ0) is 14.6. The molecule has 2 rings (SSSR count). The number of hydrogen-bond donors (Lipinski definition) is 2. The first-order valence-electron chi connectivity index (χ1n) is 7.70. The van der Waals surface area contributed by atoms with Crippen LogP contribution in [0.25, 0.3) is 0 Å². The third-order valence-corrected chi connectivity index (χ3v) is 5.04. The highest BCUT2D eigenvalue weighted by Crippen LogP contribution is 2.33. The third-order valence-electron chi connectivity index (χ3n) is 4.63. The van der Waals surface area contributed by atoms with Gasteiger partial charge in [0.05, 0.1) is 5.60 Å². The van der Waals surface area contributed by atoms with Crippen LogP contribution in [0.5, 0.6) is 0 Å². The van der Waals surface area contributed by atoms with Gasteiger partial charge >= 0.3 is 0 Å². The van der Waals surface area contributed by atoms with E-state index in [1.807, 2.05) is 19.1 Å². The van der Waals surface area contributed by atoms with E-state index in [0.717, 1.165) is 48.7 Å². The van der Waals surface area contributed by atoms with Gasteiger partial charge in [-0.1, -0.05) is 37.1 Å². The van der Waals surface area contributed by atoms with Crippen LogP contribution >= 0.6 is 11.6 Å². The quantitative estimate of drug-likeness (QED) is 0.858. The van der Waals surface area contributed by atoms with Crippen LogP contribution in [-0.4, -0.2) is 17.3 Å². The van der Waals surface area contributed by atoms with Crippen LogP contribution < -0.4 is 5.32 Å². The van der Waals surface area contributed by atoms with Gasteiger partial charge in [0.1, 0.15) is 0 Å². The Morgan fingerprint density at radius 1 is 1.35 bits per heavy atom. The lowest BCUT2D eigenvalue weighted by Gasteiger charge is -2.36. The van der Waals surface area contributed by atoms with Gasteiger partial charge in [0, 0.05) is 18.1 Å². The molecular weight excluding hydrogens is 270 g/mol. The Morgan fingerprint density at radius 2 is 2.05 bits per heavy atom. The summed E-state index contributed by atoms with van der Waals surface area (Å²) in [6, 6.07) is 6.13. The molecule has 0 radical (unpaired) electrons. The molecule has 0 unspecified atom stereocenters. The predicted molar refractivity (Wildman–Crippen MR) is 85.1 cm³/mol. The molecule has 0 heterocycles. The maximum absolute atomic E-state index is 10.6. The second-order valence-corrected chi connectivity index (χ2v) is 6.67. The third kappa shape index (κ3) is 4.21. The Hall–Kier alpha value is -0.570. The highest BCUT2D eigenvalue weighted by Gasteiger charge is 2.31. The Labute approximate surface area is 127 Å². The van der Waals surface area contributed by atoms with Gasteiger partial charge in [-0.15, -0.1) is 0 Å². The predicted octanol–water partition coefficient (Wildman–Crippen LogP) is 4.07. The van der Waals surface area contributed by atoms with Crippen molar-refractivity contribution in [1.82, 2.24) is 5.32 Å². The van der Waals surface area contributed by atoms with E-state index in [-0.39, 0.29) is 0 Å². The monoisotopic (exact) mass is 295 g/mol. The Balaban J connectivity index is 1.79. The molecule has 2 nitrogen and oxygen atoms in total. The molecule has 2 N–H and O–H groups in total. The van der Waals surface area contributed by atoms with E-state index in [1.165, 1.54) is 12.0 Å². The molecule has 0 aromatic heterocycles. The standard InChI is InChI=1S/C17H26ClNO/c1-3-14-6-8-17(20,9-7-14)12-19-11-15-5-4-13(2)16(18)10-15/h4-5,10,14,19-20H,3,6-9,11-12H2,1-2H3. The Bertz CT molecular complexity index is 439. The number of aliphatic hydroxyl groups is 1. The zero-order valence-corrected chi connectivity index (χ0v) is 13.3. The molecule has 0 saturated heterocycles. The van der Waals surface area contributed by atoms with Crippen LogP contribution in [0.3, 0.4) is 0 Å². The summed E-state index contributed by atoms with van der Waals surface area (Å²) < 4.78 is 0. The second kappa shape index (κ2) is 6.93. The number of halogens is 1. The van der Waals surface area contributed by atoms with Crippen LogP contribution in [0.15, 0.2) is 18.2 Å². The smallest absolute Gasteiger partial charge is 0.0771 e. The van der Waals surface area contributed by atoms with Crippen LogP contribution in [0, 0.1) is 12.8 Å². The topological polar surface area (TPSA) is 32.3 Å². The lowest BCUT2D eigenvalue weighted by molar-refractivity contribution is -0.00881. The lowest BCUT2D eigenvalue weighted by Crippen LogP contribution is -2.43. The van der Waals surface area contributed by atoms with Gasteiger partial charge in [0.25, 0.3) is 0 Å². The van der Waals surface area contributed by atoms with Crippen molar-refractivity contribution in [3.63, 3.8) is 0 Å². The first kappa shape index (κ1) is 15.8. The van der Waals surface area contributed by atoms with Crippen molar-refractivity contribution in [2.45, 2.75) is 58.1 Å². The summed E-state index contributed by atoms with van der Waals surface area (Å²) in [7, 11) is 0. The first-order chi connectivity index (χ1) is 9.52. The molecule has 1 aromatic carbocycles. The molecule has 112 valence electrons. The number of hydrogen-bond acceptors (Lipinski definition) is 2. The van der Waals surface area contributed by atoms with Gasteiger partial charge in [-0.3, -0.25) is 0 Å². The fraction of sp³-hybridized carbons (Fsp3) is 0.647. The fourth-order valence-corrected chi connectivity index (χ4v) is 3.19. The molecule has 1 aromatic rings. The van der Waals surface area contributed by atoms with Gasteiger partial charge in [0.2, 0.25) is 0 Å². The molecule has 0 aliphatic heterocycles. The van der Waals surface area contributed by atoms with E-state index in [4.69, 9.17) is 11.6 Å². The van der Waals surface area contributed by atoms with Crippen LogP contribution in [0.4, 0.5) is 0 Å². The largest absolute Gasteiger partial charge is 0.389 e. The van der Waals surface area contributed by atoms with Gasteiger partial charge in [0.15, 0.2) is 0 Å². The number of benzene rings is 1. The van der Waals surface area contributed by atoms with Crippen molar-refractivity contribution < 1.29 is 5.11 Å². The highest BCUT2D eigenvalue weighted by molar-refractivity contribution is 6.31. The van der Waals surface area contributed by atoms with Crippen molar-refractivity contribution in [2.75, 3.05) is 6.54 Å². The maximum atomic E-state index is 10.6. The normalized spacial score (nSPS) is 26.7. The molecule has 1 aliphatic carbocycles. The minimum atomic E-state index is -0.514. The summed E-state index contributed by atoms with van der Waals surface area (Å²) in [5.41, 5.74) is 1.76. The van der Waals surface area contributed by atoms with E-state index >= 15 is 0 Å². The molecule has 0 atom stereocenters. The SMILES string of the molecule is CCC1CCC(O)(CNCc2ccc(C)c(Cl)c2)CC1. The summed E-state index contributed by atoms with van der Waals surface area (Å²) >= 11 is 6.12. The Morgan fingerprint density at radius 3 is 2.65 bits per heavy atom. The summed E-state index contributed by atoms with van der Waals surface area (Å²) in [6.07, 6.45) is 5.40. The first-order valence-corrected chi connectivity index (χ1v) is 8.08. The molecule has 1 aliphatic rings. The van der Waals surface area contributed by atoms with Crippen LogP contribution in [0.1, 0.15) is 50.2 Å². The molecule has 20 heavy (non-hydrogen) atoms. The molecule has 0 spiro atoms. The van der Waals surface area contributed by atoms with E-state index in [0.29, 0.717) is 6.54 Å². The molecule has 0 bridgehead atoms. The van der Waals surface area contributed by atoms with Crippen molar-refractivity contribution in [3.8, 4) is 0 Å². The minimum Gasteiger partial charge on any atom is -0.389 e. The Kier molecular flexibility index (Phi) is 5.48. The number of nitrogens with one attached hydrogen (secondary N) is 1. The van der Waals surface area contributed by atoms with E-state index in [1.54, 1.807) is 0 Å². The van der Waals surface area contributed by atoms with E-state index in [2.05, 4.69) is 18.3 Å². The second-order valence-electron chi connectivity index (χ2n) is 6.26. The van der Waals surface area contributed by atoms with Crippen molar-refractivity contribution in [1.29, 1.82) is 0 Å². The van der Waals surface area contributed by atoms with Gasteiger partial charge in [-0.05, 0) is 55.7 Å². The molecule has 1 saturated carbocycles. The molecule has 3 heteroatoms. The van der Waals surface area contributed by atoms with Crippen molar-refractivity contribution in [3.05, 3.63) is 34.3 Å². The van der Waals surface area contributed by atoms with E-state index in [9.17, 15) is 5.11 Å². The fourth-order valence-electron chi connectivity index (χ4n) is 2.99. The average Bonchev–Trinajstić information content (AvgIpc) is 2.44. The van der Waals surface area contributed by atoms with Gasteiger partial charge < -0.3 is 10.4 Å². The molecule has 0 amide bonds. The van der Waals surface area contributed by atoms with Gasteiger partial charge in [-0.25, -0.2) is 0 Å². The number of rotatable bonds is 5. The number of aryl methyl sites for hydroxylation is 1. The highest BCUT2D eigenvalue weighted by atomic mass is 35.5.